The van der Waals surface area contributed by atoms with Gasteiger partial charge >= 0.3 is 0 Å². The zero-order valence-corrected chi connectivity index (χ0v) is 14.2. The van der Waals surface area contributed by atoms with E-state index in [1.807, 2.05) is 0 Å². The van der Waals surface area contributed by atoms with Crippen LogP contribution in [-0.2, 0) is 6.61 Å². The number of carbonyl (C=O) groups excluding carboxylic acids is 1. The molecular weight excluding hydrogens is 351 g/mol. The van der Waals surface area contributed by atoms with Crippen molar-refractivity contribution in [2.75, 3.05) is 13.2 Å². The van der Waals surface area contributed by atoms with E-state index in [4.69, 9.17) is 20.8 Å². The molecule has 1 fully saturated rings. The number of aliphatic hydroxyl groups excluding tert-OH is 1. The van der Waals surface area contributed by atoms with Gasteiger partial charge in [0.2, 0.25) is 5.89 Å². The summed E-state index contributed by atoms with van der Waals surface area (Å²) in [5.74, 6) is -0.221. The predicted octanol–water partition coefficient (Wildman–Crippen LogP) is 3.03. The number of oxazole rings is 1. The highest BCUT2D eigenvalue weighted by atomic mass is 35.5. The maximum atomic E-state index is 13.0. The van der Waals surface area contributed by atoms with Crippen LogP contribution in [0.4, 0.5) is 4.39 Å². The molecule has 1 aliphatic rings. The van der Waals surface area contributed by atoms with E-state index >= 15 is 0 Å². The van der Waals surface area contributed by atoms with Crippen molar-refractivity contribution in [1.82, 2.24) is 9.88 Å². The number of aliphatic hydroxyl groups is 1. The van der Waals surface area contributed by atoms with Crippen molar-refractivity contribution in [2.45, 2.75) is 31.9 Å². The van der Waals surface area contributed by atoms with E-state index in [2.05, 4.69) is 4.98 Å². The molecule has 2 aromatic rings. The molecule has 25 heavy (non-hydrogen) atoms. The van der Waals surface area contributed by atoms with Crippen molar-refractivity contribution < 1.29 is 23.4 Å². The number of ether oxygens (including phenoxy) is 1. The first-order valence-corrected chi connectivity index (χ1v) is 8.40. The minimum Gasteiger partial charge on any atom is -0.482 e. The zero-order chi connectivity index (χ0) is 17.8. The number of nitrogens with zero attached hydrogens (tertiary/aromatic N) is 2. The summed E-state index contributed by atoms with van der Waals surface area (Å²) in [5, 5.41) is 9.56. The van der Waals surface area contributed by atoms with E-state index in [1.165, 1.54) is 18.4 Å². The molecule has 1 N–H and O–H groups in total. The van der Waals surface area contributed by atoms with Gasteiger partial charge in [-0.05, 0) is 37.5 Å². The number of aromatic nitrogens is 1. The van der Waals surface area contributed by atoms with Gasteiger partial charge in [-0.25, -0.2) is 9.37 Å². The van der Waals surface area contributed by atoms with E-state index in [1.54, 1.807) is 4.90 Å². The Morgan fingerprint density at radius 1 is 1.48 bits per heavy atom. The Balaban J connectivity index is 1.64. The number of likely N-dealkylation sites (tertiary alicyclic amines) is 1. The Labute approximate surface area is 149 Å². The Hall–Kier alpha value is -2.12. The molecule has 6 nitrogen and oxygen atoms in total. The lowest BCUT2D eigenvalue weighted by Crippen LogP contribution is -2.45. The van der Waals surface area contributed by atoms with Crippen LogP contribution in [0.5, 0.6) is 5.75 Å². The number of rotatable bonds is 5. The van der Waals surface area contributed by atoms with Gasteiger partial charge in [0.15, 0.2) is 12.3 Å². The van der Waals surface area contributed by atoms with Crippen LogP contribution in [0.15, 0.2) is 28.9 Å². The minimum absolute atomic E-state index is 0.0396. The maximum Gasteiger partial charge on any atom is 0.276 e. The lowest BCUT2D eigenvalue weighted by molar-refractivity contribution is 0.0497. The van der Waals surface area contributed by atoms with Crippen molar-refractivity contribution >= 4 is 17.5 Å². The molecule has 1 saturated heterocycles. The number of carbonyl (C=O) groups is 1. The summed E-state index contributed by atoms with van der Waals surface area (Å²) in [6.45, 7) is 0.485. The molecule has 8 heteroatoms. The van der Waals surface area contributed by atoms with Crippen molar-refractivity contribution in [2.24, 2.45) is 0 Å². The summed E-state index contributed by atoms with van der Waals surface area (Å²) in [4.78, 5) is 18.3. The second-order valence-corrected chi connectivity index (χ2v) is 6.23. The number of halogens is 2. The standard InChI is InChI=1S/C17H18ClFN2O4/c18-13-7-11(19)4-5-15(13)24-10-16-20-14(9-25-16)17(23)21-6-2-1-3-12(21)8-22/h4-5,7,9,12,22H,1-3,6,8,10H2/t12-/m0/s1. The van der Waals surface area contributed by atoms with Crippen LogP contribution in [0.25, 0.3) is 0 Å². The monoisotopic (exact) mass is 368 g/mol. The maximum absolute atomic E-state index is 13.0. The number of hydrogen-bond acceptors (Lipinski definition) is 5. The van der Waals surface area contributed by atoms with Crippen LogP contribution in [0.1, 0.15) is 35.6 Å². The molecule has 1 aromatic carbocycles. The van der Waals surface area contributed by atoms with E-state index in [-0.39, 0.29) is 41.8 Å². The molecule has 134 valence electrons. The van der Waals surface area contributed by atoms with E-state index in [0.717, 1.165) is 25.3 Å². The highest BCUT2D eigenvalue weighted by molar-refractivity contribution is 6.32. The van der Waals surface area contributed by atoms with Gasteiger partial charge < -0.3 is 19.2 Å². The van der Waals surface area contributed by atoms with Crippen molar-refractivity contribution in [3.8, 4) is 5.75 Å². The van der Waals surface area contributed by atoms with Gasteiger partial charge in [0.05, 0.1) is 17.7 Å². The lowest BCUT2D eigenvalue weighted by atomic mass is 10.0. The lowest BCUT2D eigenvalue weighted by Gasteiger charge is -2.33. The fourth-order valence-corrected chi connectivity index (χ4v) is 3.03. The van der Waals surface area contributed by atoms with Crippen LogP contribution >= 0.6 is 11.6 Å². The SMILES string of the molecule is O=C(c1coc(COc2ccc(F)cc2Cl)n1)N1CCCC[C@H]1CO. The van der Waals surface area contributed by atoms with Crippen molar-refractivity contribution in [1.29, 1.82) is 0 Å². The van der Waals surface area contributed by atoms with Crippen LogP contribution in [0, 0.1) is 5.82 Å². The largest absolute Gasteiger partial charge is 0.482 e. The number of piperidine rings is 1. The molecular formula is C17H18ClFN2O4. The van der Waals surface area contributed by atoms with Crippen LogP contribution < -0.4 is 4.74 Å². The highest BCUT2D eigenvalue weighted by Gasteiger charge is 2.28. The molecule has 0 saturated carbocycles. The van der Waals surface area contributed by atoms with Gasteiger partial charge in [0, 0.05) is 6.54 Å². The Kier molecular flexibility index (Phi) is 5.55. The highest BCUT2D eigenvalue weighted by Crippen LogP contribution is 2.26. The van der Waals surface area contributed by atoms with E-state index in [9.17, 15) is 14.3 Å². The second-order valence-electron chi connectivity index (χ2n) is 5.82. The summed E-state index contributed by atoms with van der Waals surface area (Å²) in [6.07, 6.45) is 3.94. The number of hydrogen-bond donors (Lipinski definition) is 1. The average Bonchev–Trinajstić information content (AvgIpc) is 3.09. The third-order valence-electron chi connectivity index (χ3n) is 4.11. The molecule has 0 radical (unpaired) electrons. The first-order chi connectivity index (χ1) is 12.1. The molecule has 0 bridgehead atoms. The van der Waals surface area contributed by atoms with Crippen LogP contribution in [0.2, 0.25) is 5.02 Å². The second kappa shape index (κ2) is 7.84. The first-order valence-electron chi connectivity index (χ1n) is 8.02. The fourth-order valence-electron chi connectivity index (χ4n) is 2.81. The van der Waals surface area contributed by atoms with E-state index in [0.29, 0.717) is 12.3 Å². The van der Waals surface area contributed by atoms with E-state index < -0.39 is 5.82 Å². The van der Waals surface area contributed by atoms with Gasteiger partial charge in [-0.2, -0.15) is 0 Å². The van der Waals surface area contributed by atoms with Crippen molar-refractivity contribution in [3.05, 3.63) is 46.9 Å². The normalized spacial score (nSPS) is 17.6. The van der Waals surface area contributed by atoms with Crippen LogP contribution in [-0.4, -0.2) is 40.1 Å². The zero-order valence-electron chi connectivity index (χ0n) is 13.5. The Morgan fingerprint density at radius 2 is 2.32 bits per heavy atom. The Bertz CT molecular complexity index is 752. The van der Waals surface area contributed by atoms with Gasteiger partial charge in [-0.3, -0.25) is 4.79 Å². The third kappa shape index (κ3) is 4.11. The average molecular weight is 369 g/mol. The Morgan fingerprint density at radius 3 is 3.08 bits per heavy atom. The van der Waals surface area contributed by atoms with Crippen molar-refractivity contribution in [3.63, 3.8) is 0 Å². The molecule has 1 aliphatic heterocycles. The summed E-state index contributed by atoms with van der Waals surface area (Å²) < 4.78 is 23.7. The van der Waals surface area contributed by atoms with Gasteiger partial charge in [-0.1, -0.05) is 11.6 Å². The molecule has 1 atom stereocenters. The molecule has 2 heterocycles. The summed E-state index contributed by atoms with van der Waals surface area (Å²) >= 11 is 5.88. The molecule has 0 spiro atoms. The molecule has 0 aliphatic carbocycles. The molecule has 1 amide bonds. The quantitative estimate of drug-likeness (QED) is 0.877. The predicted molar refractivity (Wildman–Crippen MR) is 88.0 cm³/mol. The minimum atomic E-state index is -0.457. The molecule has 3 rings (SSSR count). The fraction of sp³-hybridized carbons (Fsp3) is 0.412. The van der Waals surface area contributed by atoms with Gasteiger partial charge in [0.25, 0.3) is 5.91 Å². The van der Waals surface area contributed by atoms with Crippen LogP contribution in [0.3, 0.4) is 0 Å². The summed E-state index contributed by atoms with van der Waals surface area (Å²) in [5.41, 5.74) is 0.171. The smallest absolute Gasteiger partial charge is 0.276 e. The molecule has 1 aromatic heterocycles. The number of amides is 1. The number of benzene rings is 1. The van der Waals surface area contributed by atoms with Gasteiger partial charge in [0.1, 0.15) is 17.8 Å². The third-order valence-corrected chi connectivity index (χ3v) is 4.41. The summed E-state index contributed by atoms with van der Waals surface area (Å²) in [7, 11) is 0. The van der Waals surface area contributed by atoms with Gasteiger partial charge in [-0.15, -0.1) is 0 Å². The first kappa shape index (κ1) is 17.7. The summed E-state index contributed by atoms with van der Waals surface area (Å²) in [6, 6.07) is 3.60. The topological polar surface area (TPSA) is 75.8 Å². The molecule has 0 unspecified atom stereocenters.